The number of hydrogen-bond donors (Lipinski definition) is 2. The maximum atomic E-state index is 12.4. The quantitative estimate of drug-likeness (QED) is 0.867. The van der Waals surface area contributed by atoms with Crippen LogP contribution in [0.25, 0.3) is 0 Å². The Morgan fingerprint density at radius 3 is 2.74 bits per heavy atom. The number of nitrogens with one attached hydrogen (secondary N) is 1. The molecule has 3 heteroatoms. The summed E-state index contributed by atoms with van der Waals surface area (Å²) in [5.74, 6) is 0.674. The number of benzene rings is 1. The number of carbonyl (C=O) groups excluding carboxylic acids is 1. The van der Waals surface area contributed by atoms with Gasteiger partial charge in [0.1, 0.15) is 0 Å². The van der Waals surface area contributed by atoms with Gasteiger partial charge in [0.15, 0.2) is 0 Å². The molecule has 19 heavy (non-hydrogen) atoms. The molecule has 0 bridgehead atoms. The van der Waals surface area contributed by atoms with Gasteiger partial charge in [-0.1, -0.05) is 37.1 Å². The fourth-order valence-corrected chi connectivity index (χ4v) is 3.52. The molecule has 3 nitrogen and oxygen atoms in total. The van der Waals surface area contributed by atoms with Crippen LogP contribution in [0.3, 0.4) is 0 Å². The van der Waals surface area contributed by atoms with E-state index in [1.807, 2.05) is 0 Å². The van der Waals surface area contributed by atoms with Crippen LogP contribution < -0.4 is 11.1 Å². The Morgan fingerprint density at radius 2 is 2.05 bits per heavy atom. The zero-order chi connectivity index (χ0) is 13.3. The highest BCUT2D eigenvalue weighted by Crippen LogP contribution is 2.38. The molecule has 0 radical (unpaired) electrons. The van der Waals surface area contributed by atoms with Crippen molar-refractivity contribution in [2.45, 2.75) is 38.0 Å². The highest BCUT2D eigenvalue weighted by molar-refractivity contribution is 5.83. The molecular formula is C16H22N2O. The molecule has 0 spiro atoms. The largest absolute Gasteiger partial charge is 0.355 e. The summed E-state index contributed by atoms with van der Waals surface area (Å²) in [5.41, 5.74) is 8.39. The first-order chi connectivity index (χ1) is 9.25. The van der Waals surface area contributed by atoms with Gasteiger partial charge in [0, 0.05) is 19.0 Å². The lowest BCUT2D eigenvalue weighted by Gasteiger charge is -2.32. The van der Waals surface area contributed by atoms with Crippen molar-refractivity contribution in [1.29, 1.82) is 0 Å². The molecular weight excluding hydrogens is 236 g/mol. The van der Waals surface area contributed by atoms with E-state index in [2.05, 4.69) is 29.6 Å². The number of rotatable bonds is 4. The first-order valence-electron chi connectivity index (χ1n) is 7.31. The van der Waals surface area contributed by atoms with Crippen LogP contribution in [0, 0.1) is 5.41 Å². The Kier molecular flexibility index (Phi) is 3.31. The average Bonchev–Trinajstić information content (AvgIpc) is 2.89. The van der Waals surface area contributed by atoms with E-state index in [0.29, 0.717) is 12.5 Å². The Balaban J connectivity index is 1.58. The van der Waals surface area contributed by atoms with Crippen LogP contribution in [0.4, 0.5) is 0 Å². The van der Waals surface area contributed by atoms with Crippen molar-refractivity contribution in [3.63, 3.8) is 0 Å². The predicted octanol–water partition coefficient (Wildman–Crippen LogP) is 1.96. The number of nitrogens with two attached hydrogens (primary N) is 1. The van der Waals surface area contributed by atoms with E-state index in [-0.39, 0.29) is 11.3 Å². The molecule has 1 unspecified atom stereocenters. The molecule has 0 heterocycles. The molecule has 1 amide bonds. The average molecular weight is 258 g/mol. The Bertz CT molecular complexity index is 477. The van der Waals surface area contributed by atoms with E-state index in [1.165, 1.54) is 11.1 Å². The van der Waals surface area contributed by atoms with E-state index in [4.69, 9.17) is 5.73 Å². The third-order valence-corrected chi connectivity index (χ3v) is 4.90. The molecule has 1 aromatic carbocycles. The van der Waals surface area contributed by atoms with Crippen LogP contribution in [0.1, 0.15) is 42.7 Å². The minimum atomic E-state index is -0.275. The molecule has 3 N–H and O–H groups in total. The van der Waals surface area contributed by atoms with Gasteiger partial charge in [-0.05, 0) is 30.4 Å². The first-order valence-corrected chi connectivity index (χ1v) is 7.31. The molecule has 2 aliphatic rings. The van der Waals surface area contributed by atoms with Crippen LogP contribution in [-0.4, -0.2) is 19.0 Å². The lowest BCUT2D eigenvalue weighted by Crippen LogP contribution is -2.46. The molecule has 1 atom stereocenters. The molecule has 0 aliphatic heterocycles. The number of hydrogen-bond acceptors (Lipinski definition) is 2. The second-order valence-corrected chi connectivity index (χ2v) is 6.00. The number of carbonyl (C=O) groups is 1. The molecule has 1 saturated carbocycles. The van der Waals surface area contributed by atoms with Gasteiger partial charge in [0.25, 0.3) is 0 Å². The summed E-state index contributed by atoms with van der Waals surface area (Å²) in [6.07, 6.45) is 5.27. The van der Waals surface area contributed by atoms with Crippen LogP contribution >= 0.6 is 0 Å². The van der Waals surface area contributed by atoms with Crippen molar-refractivity contribution >= 4 is 5.91 Å². The second kappa shape index (κ2) is 4.97. The van der Waals surface area contributed by atoms with Crippen LogP contribution in [-0.2, 0) is 11.2 Å². The summed E-state index contributed by atoms with van der Waals surface area (Å²) in [4.78, 5) is 12.4. The van der Waals surface area contributed by atoms with Crippen LogP contribution in [0.2, 0.25) is 0 Å². The second-order valence-electron chi connectivity index (χ2n) is 6.00. The number of amides is 1. The van der Waals surface area contributed by atoms with Crippen molar-refractivity contribution < 1.29 is 4.79 Å². The smallest absolute Gasteiger partial charge is 0.227 e. The standard InChI is InChI=1S/C16H22N2O/c17-11-16(7-3-4-8-16)15(19)18-10-13-9-12-5-1-2-6-14(12)13/h1-2,5-6,13H,3-4,7-11,17H2,(H,18,19). The Hall–Kier alpha value is -1.35. The molecule has 2 aliphatic carbocycles. The monoisotopic (exact) mass is 258 g/mol. The van der Waals surface area contributed by atoms with Crippen molar-refractivity contribution in [2.24, 2.45) is 11.1 Å². The van der Waals surface area contributed by atoms with E-state index in [0.717, 1.165) is 38.6 Å². The van der Waals surface area contributed by atoms with Crippen LogP contribution in [0.15, 0.2) is 24.3 Å². The minimum Gasteiger partial charge on any atom is -0.355 e. The van der Waals surface area contributed by atoms with Gasteiger partial charge in [0.2, 0.25) is 5.91 Å². The van der Waals surface area contributed by atoms with Gasteiger partial charge in [0.05, 0.1) is 5.41 Å². The van der Waals surface area contributed by atoms with E-state index < -0.39 is 0 Å². The summed E-state index contributed by atoms with van der Waals surface area (Å²) >= 11 is 0. The zero-order valence-electron chi connectivity index (χ0n) is 11.3. The molecule has 0 aromatic heterocycles. The van der Waals surface area contributed by atoms with Crippen molar-refractivity contribution in [1.82, 2.24) is 5.32 Å². The summed E-state index contributed by atoms with van der Waals surface area (Å²) < 4.78 is 0. The van der Waals surface area contributed by atoms with Gasteiger partial charge >= 0.3 is 0 Å². The van der Waals surface area contributed by atoms with Gasteiger partial charge < -0.3 is 11.1 Å². The number of fused-ring (bicyclic) bond motifs is 1. The van der Waals surface area contributed by atoms with E-state index in [1.54, 1.807) is 0 Å². The van der Waals surface area contributed by atoms with Gasteiger partial charge in [-0.3, -0.25) is 4.79 Å². The predicted molar refractivity (Wildman–Crippen MR) is 75.9 cm³/mol. The highest BCUT2D eigenvalue weighted by Gasteiger charge is 2.40. The fourth-order valence-electron chi connectivity index (χ4n) is 3.52. The van der Waals surface area contributed by atoms with Gasteiger partial charge in [-0.25, -0.2) is 0 Å². The Labute approximate surface area is 114 Å². The van der Waals surface area contributed by atoms with Gasteiger partial charge in [-0.15, -0.1) is 0 Å². The summed E-state index contributed by atoms with van der Waals surface area (Å²) in [6.45, 7) is 1.25. The highest BCUT2D eigenvalue weighted by atomic mass is 16.2. The summed E-state index contributed by atoms with van der Waals surface area (Å²) in [5, 5.41) is 3.14. The fraction of sp³-hybridized carbons (Fsp3) is 0.562. The zero-order valence-corrected chi connectivity index (χ0v) is 11.3. The molecule has 0 saturated heterocycles. The lowest BCUT2D eigenvalue weighted by atomic mass is 9.77. The maximum Gasteiger partial charge on any atom is 0.227 e. The normalized spacial score (nSPS) is 23.5. The van der Waals surface area contributed by atoms with Crippen molar-refractivity contribution in [3.05, 3.63) is 35.4 Å². The van der Waals surface area contributed by atoms with E-state index >= 15 is 0 Å². The maximum absolute atomic E-state index is 12.4. The first kappa shape index (κ1) is 12.7. The topological polar surface area (TPSA) is 55.1 Å². The summed E-state index contributed by atoms with van der Waals surface area (Å²) in [7, 11) is 0. The summed E-state index contributed by atoms with van der Waals surface area (Å²) in [6, 6.07) is 8.50. The van der Waals surface area contributed by atoms with Crippen LogP contribution in [0.5, 0.6) is 0 Å². The lowest BCUT2D eigenvalue weighted by molar-refractivity contribution is -0.130. The third-order valence-electron chi connectivity index (χ3n) is 4.90. The SMILES string of the molecule is NCC1(C(=O)NCC2Cc3ccccc32)CCCC1. The minimum absolute atomic E-state index is 0.178. The molecule has 102 valence electrons. The molecule has 1 fully saturated rings. The molecule has 1 aromatic rings. The van der Waals surface area contributed by atoms with Crippen molar-refractivity contribution in [2.75, 3.05) is 13.1 Å². The Morgan fingerprint density at radius 1 is 1.32 bits per heavy atom. The molecule has 3 rings (SSSR count). The third kappa shape index (κ3) is 2.16. The van der Waals surface area contributed by atoms with Crippen molar-refractivity contribution in [3.8, 4) is 0 Å². The van der Waals surface area contributed by atoms with E-state index in [9.17, 15) is 4.79 Å². The van der Waals surface area contributed by atoms with Gasteiger partial charge in [-0.2, -0.15) is 0 Å².